The Morgan fingerprint density at radius 3 is 2.55 bits per heavy atom. The van der Waals surface area contributed by atoms with Crippen molar-refractivity contribution in [1.29, 1.82) is 0 Å². The van der Waals surface area contributed by atoms with Gasteiger partial charge in [-0.25, -0.2) is 13.2 Å². The van der Waals surface area contributed by atoms with E-state index in [2.05, 4.69) is 15.4 Å². The summed E-state index contributed by atoms with van der Waals surface area (Å²) in [5.41, 5.74) is -1.36. The molecule has 3 N–H and O–H groups in total. The average Bonchev–Trinajstić information content (AvgIpc) is 3.84. The summed E-state index contributed by atoms with van der Waals surface area (Å²) >= 11 is 0. The molecule has 40 heavy (non-hydrogen) atoms. The van der Waals surface area contributed by atoms with Crippen molar-refractivity contribution in [1.82, 2.24) is 20.3 Å². The molecule has 3 heterocycles. The number of ether oxygens (including phenoxy) is 2. The summed E-state index contributed by atoms with van der Waals surface area (Å²) in [4.78, 5) is 54.7. The molecule has 13 heteroatoms. The smallest absolute Gasteiger partial charge is 0.408 e. The zero-order chi connectivity index (χ0) is 28.3. The highest BCUT2D eigenvalue weighted by molar-refractivity contribution is 7.91. The summed E-state index contributed by atoms with van der Waals surface area (Å²) in [5, 5.41) is 5.02. The SMILES string of the molecule is O=C(NC1CCCCCC=CC2CC2(C(=O)NS(=O)(=O)C2CC2)NC(=O)C2CCCN2C1=O)OC1CCOCC1. The van der Waals surface area contributed by atoms with Crippen LogP contribution in [0.4, 0.5) is 4.79 Å². The first-order chi connectivity index (χ1) is 19.2. The minimum absolute atomic E-state index is 0.263. The van der Waals surface area contributed by atoms with E-state index in [4.69, 9.17) is 9.47 Å². The second-order valence-electron chi connectivity index (χ2n) is 11.6. The Labute approximate surface area is 235 Å². The summed E-state index contributed by atoms with van der Waals surface area (Å²) in [6.07, 6.45) is 10.0. The lowest BCUT2D eigenvalue weighted by molar-refractivity contribution is -0.141. The van der Waals surface area contributed by atoms with Crippen molar-refractivity contribution in [2.45, 2.75) is 106 Å². The van der Waals surface area contributed by atoms with Gasteiger partial charge in [-0.1, -0.05) is 25.0 Å². The van der Waals surface area contributed by atoms with Crippen LogP contribution in [0.15, 0.2) is 12.2 Å². The van der Waals surface area contributed by atoms with Gasteiger partial charge in [-0.2, -0.15) is 0 Å². The molecule has 0 aromatic heterocycles. The van der Waals surface area contributed by atoms with E-state index in [-0.39, 0.29) is 17.9 Å². The number of hydrogen-bond donors (Lipinski definition) is 3. The molecular formula is C27H40N4O8S. The molecule has 2 aliphatic carbocycles. The van der Waals surface area contributed by atoms with Gasteiger partial charge in [-0.3, -0.25) is 19.1 Å². The monoisotopic (exact) mass is 580 g/mol. The van der Waals surface area contributed by atoms with Crippen LogP contribution in [-0.4, -0.2) is 85.9 Å². The molecule has 4 amide bonds. The van der Waals surface area contributed by atoms with Gasteiger partial charge in [-0.15, -0.1) is 0 Å². The maximum absolute atomic E-state index is 13.7. The molecule has 4 atom stereocenters. The molecule has 0 aromatic carbocycles. The molecule has 5 rings (SSSR count). The number of amides is 4. The van der Waals surface area contributed by atoms with Gasteiger partial charge >= 0.3 is 6.09 Å². The van der Waals surface area contributed by atoms with Crippen LogP contribution < -0.4 is 15.4 Å². The van der Waals surface area contributed by atoms with Crippen molar-refractivity contribution in [2.24, 2.45) is 5.92 Å². The van der Waals surface area contributed by atoms with Gasteiger partial charge in [0.15, 0.2) is 0 Å². The quantitative estimate of drug-likeness (QED) is 0.410. The Hall–Kier alpha value is -2.67. The van der Waals surface area contributed by atoms with Crippen LogP contribution in [-0.2, 0) is 33.9 Å². The van der Waals surface area contributed by atoms with Crippen molar-refractivity contribution in [3.8, 4) is 0 Å². The number of sulfonamides is 1. The van der Waals surface area contributed by atoms with Crippen LogP contribution in [0, 0.1) is 5.92 Å². The van der Waals surface area contributed by atoms with Gasteiger partial charge in [0.25, 0.3) is 5.91 Å². The number of carbonyl (C=O) groups is 4. The van der Waals surface area contributed by atoms with E-state index in [0.717, 1.165) is 19.3 Å². The first-order valence-electron chi connectivity index (χ1n) is 14.6. The highest BCUT2D eigenvalue weighted by atomic mass is 32.2. The minimum Gasteiger partial charge on any atom is -0.446 e. The van der Waals surface area contributed by atoms with Crippen molar-refractivity contribution in [3.05, 3.63) is 12.2 Å². The Morgan fingerprint density at radius 2 is 1.80 bits per heavy atom. The molecule has 2 saturated heterocycles. The molecule has 222 valence electrons. The average molecular weight is 581 g/mol. The summed E-state index contributed by atoms with van der Waals surface area (Å²) in [7, 11) is -3.78. The number of nitrogens with zero attached hydrogens (tertiary/aromatic N) is 1. The first kappa shape index (κ1) is 28.8. The van der Waals surface area contributed by atoms with Crippen LogP contribution in [0.3, 0.4) is 0 Å². The van der Waals surface area contributed by atoms with Crippen LogP contribution in [0.5, 0.6) is 0 Å². The minimum atomic E-state index is -3.78. The van der Waals surface area contributed by atoms with E-state index in [9.17, 15) is 27.6 Å². The summed E-state index contributed by atoms with van der Waals surface area (Å²) in [6.45, 7) is 1.39. The lowest BCUT2D eigenvalue weighted by Crippen LogP contribution is -2.58. The van der Waals surface area contributed by atoms with Gasteiger partial charge in [-0.05, 0) is 51.4 Å². The Bertz CT molecular complexity index is 1130. The van der Waals surface area contributed by atoms with E-state index in [1.807, 2.05) is 12.2 Å². The van der Waals surface area contributed by atoms with Crippen LogP contribution in [0.25, 0.3) is 0 Å². The Kier molecular flexibility index (Phi) is 8.69. The molecule has 0 aromatic rings. The number of nitrogens with one attached hydrogen (secondary N) is 3. The highest BCUT2D eigenvalue weighted by Gasteiger charge is 2.61. The summed E-state index contributed by atoms with van der Waals surface area (Å²) in [6, 6.07) is -1.65. The first-order valence-corrected chi connectivity index (χ1v) is 16.1. The fourth-order valence-electron chi connectivity index (χ4n) is 5.90. The fourth-order valence-corrected chi connectivity index (χ4v) is 7.26. The molecular weight excluding hydrogens is 540 g/mol. The van der Waals surface area contributed by atoms with Gasteiger partial charge in [0.05, 0.1) is 18.5 Å². The molecule has 0 bridgehead atoms. The molecule has 5 aliphatic rings. The predicted octanol–water partition coefficient (Wildman–Crippen LogP) is 1.25. The molecule has 0 spiro atoms. The lowest BCUT2D eigenvalue weighted by Gasteiger charge is -2.30. The third-order valence-electron chi connectivity index (χ3n) is 8.57. The second kappa shape index (κ2) is 12.1. The molecule has 12 nitrogen and oxygen atoms in total. The number of rotatable bonds is 5. The van der Waals surface area contributed by atoms with E-state index >= 15 is 0 Å². The molecule has 3 aliphatic heterocycles. The number of fused-ring (bicyclic) bond motifs is 2. The largest absolute Gasteiger partial charge is 0.446 e. The van der Waals surface area contributed by atoms with Gasteiger partial charge in [0, 0.05) is 25.3 Å². The topological polar surface area (TPSA) is 160 Å². The zero-order valence-electron chi connectivity index (χ0n) is 22.8. The third kappa shape index (κ3) is 6.62. The maximum atomic E-state index is 13.7. The second-order valence-corrected chi connectivity index (χ2v) is 13.6. The molecule has 4 fully saturated rings. The van der Waals surface area contributed by atoms with Gasteiger partial charge in [0.2, 0.25) is 21.8 Å². The van der Waals surface area contributed by atoms with Crippen LogP contribution in [0.1, 0.15) is 77.0 Å². The predicted molar refractivity (Wildman–Crippen MR) is 143 cm³/mol. The van der Waals surface area contributed by atoms with Crippen molar-refractivity contribution < 1.29 is 37.1 Å². The number of allylic oxidation sites excluding steroid dienone is 1. The summed E-state index contributed by atoms with van der Waals surface area (Å²) in [5.74, 6) is -1.88. The van der Waals surface area contributed by atoms with Gasteiger partial charge in [0.1, 0.15) is 23.7 Å². The lowest BCUT2D eigenvalue weighted by atomic mass is 10.0. The molecule has 2 saturated carbocycles. The van der Waals surface area contributed by atoms with Crippen molar-refractivity contribution in [3.63, 3.8) is 0 Å². The number of carbonyl (C=O) groups excluding carboxylic acids is 4. The molecule has 0 radical (unpaired) electrons. The molecule has 4 unspecified atom stereocenters. The van der Waals surface area contributed by atoms with E-state index in [1.54, 1.807) is 0 Å². The van der Waals surface area contributed by atoms with E-state index in [1.165, 1.54) is 4.90 Å². The standard InChI is InChI=1S/C27H40N4O8S/c32-23-22-9-6-14-31(22)24(33)21(28-26(35)39-19-12-15-38-16-13-19)8-5-3-1-2-4-7-18-17-27(18,29-23)25(34)30-40(36,37)20-10-11-20/h4,7,18-22H,1-3,5-6,8-17H2,(H,28,35)(H,29,32)(H,30,34). The third-order valence-corrected chi connectivity index (χ3v) is 10.4. The number of alkyl carbamates (subject to hydrolysis) is 1. The zero-order valence-corrected chi connectivity index (χ0v) is 23.6. The van der Waals surface area contributed by atoms with Crippen molar-refractivity contribution in [2.75, 3.05) is 19.8 Å². The van der Waals surface area contributed by atoms with Crippen LogP contribution >= 0.6 is 0 Å². The van der Waals surface area contributed by atoms with Crippen LogP contribution in [0.2, 0.25) is 0 Å². The normalized spacial score (nSPS) is 32.1. The van der Waals surface area contributed by atoms with Gasteiger partial charge < -0.3 is 25.0 Å². The van der Waals surface area contributed by atoms with Crippen molar-refractivity contribution >= 4 is 33.8 Å². The van der Waals surface area contributed by atoms with E-state index in [0.29, 0.717) is 77.5 Å². The fraction of sp³-hybridized carbons (Fsp3) is 0.778. The Morgan fingerprint density at radius 1 is 1.02 bits per heavy atom. The summed E-state index contributed by atoms with van der Waals surface area (Å²) < 4.78 is 38.0. The number of hydrogen-bond acceptors (Lipinski definition) is 8. The highest BCUT2D eigenvalue weighted by Crippen LogP contribution is 2.46. The van der Waals surface area contributed by atoms with E-state index < -0.39 is 50.8 Å². The maximum Gasteiger partial charge on any atom is 0.408 e. The Balaban J connectivity index is 1.31.